The predicted octanol–water partition coefficient (Wildman–Crippen LogP) is 6.96. The van der Waals surface area contributed by atoms with Crippen LogP contribution in [0.3, 0.4) is 0 Å². The summed E-state index contributed by atoms with van der Waals surface area (Å²) in [5, 5.41) is 72.1. The highest BCUT2D eigenvalue weighted by Crippen LogP contribution is 2.26. The largest absolute Gasteiger partial charge is 0.457 e. The summed E-state index contributed by atoms with van der Waals surface area (Å²) in [6.07, 6.45) is 28.5. The zero-order valence-electron chi connectivity index (χ0n) is 39.7. The summed E-state index contributed by atoms with van der Waals surface area (Å²) in [5.74, 6) is -0.395. The molecule has 0 spiro atoms. The molecular formula is C51H88O14. The number of aliphatic hydroxyl groups excluding tert-OH is 7. The molecule has 2 heterocycles. The molecule has 0 aromatic rings. The smallest absolute Gasteiger partial charge is 0.306 e. The fourth-order valence-electron chi connectivity index (χ4n) is 7.45. The summed E-state index contributed by atoms with van der Waals surface area (Å²) >= 11 is 0. The number of hydrogen-bond donors (Lipinski definition) is 7. The van der Waals surface area contributed by atoms with Gasteiger partial charge in [0.05, 0.1) is 26.4 Å². The number of unbranched alkanes of at least 4 members (excludes halogenated alkanes) is 14. The Morgan fingerprint density at radius 1 is 0.523 bits per heavy atom. The highest BCUT2D eigenvalue weighted by Gasteiger charge is 2.47. The summed E-state index contributed by atoms with van der Waals surface area (Å²) in [6, 6.07) is 0. The van der Waals surface area contributed by atoms with E-state index in [1.807, 2.05) is 0 Å². The van der Waals surface area contributed by atoms with Gasteiger partial charge in [0.1, 0.15) is 54.9 Å². The second-order valence-electron chi connectivity index (χ2n) is 17.3. The van der Waals surface area contributed by atoms with Gasteiger partial charge in [-0.3, -0.25) is 4.79 Å². The number of carbonyl (C=O) groups excluding carboxylic acids is 1. The highest BCUT2D eigenvalue weighted by molar-refractivity contribution is 5.69. The van der Waals surface area contributed by atoms with E-state index in [4.69, 9.17) is 28.4 Å². The molecule has 7 N–H and O–H groups in total. The van der Waals surface area contributed by atoms with Crippen molar-refractivity contribution in [3.63, 3.8) is 0 Å². The van der Waals surface area contributed by atoms with Crippen molar-refractivity contribution >= 4 is 5.97 Å². The fraction of sp³-hybridized carbons (Fsp3) is 0.784. The number of carbonyl (C=O) groups is 1. The number of aliphatic hydroxyl groups is 7. The molecule has 376 valence electrons. The Labute approximate surface area is 390 Å². The zero-order valence-corrected chi connectivity index (χ0v) is 39.7. The van der Waals surface area contributed by atoms with Crippen LogP contribution in [-0.2, 0) is 33.2 Å². The lowest BCUT2D eigenvalue weighted by atomic mass is 9.98. The van der Waals surface area contributed by atoms with E-state index in [-0.39, 0.29) is 19.6 Å². The Morgan fingerprint density at radius 2 is 1.00 bits per heavy atom. The second kappa shape index (κ2) is 38.6. The summed E-state index contributed by atoms with van der Waals surface area (Å²) < 4.78 is 34.2. The maximum Gasteiger partial charge on any atom is 0.306 e. The summed E-state index contributed by atoms with van der Waals surface area (Å²) in [5.41, 5.74) is 0. The molecule has 2 aliphatic rings. The molecule has 2 aliphatic heterocycles. The van der Waals surface area contributed by atoms with Crippen LogP contribution in [0.15, 0.2) is 60.8 Å². The number of hydrogen-bond acceptors (Lipinski definition) is 14. The van der Waals surface area contributed by atoms with Crippen LogP contribution in [0.2, 0.25) is 0 Å². The maximum absolute atomic E-state index is 13.0. The summed E-state index contributed by atoms with van der Waals surface area (Å²) in [4.78, 5) is 13.0. The third-order valence-corrected chi connectivity index (χ3v) is 11.5. The van der Waals surface area contributed by atoms with Gasteiger partial charge in [-0.05, 0) is 77.0 Å². The number of ether oxygens (including phenoxy) is 6. The molecule has 65 heavy (non-hydrogen) atoms. The number of esters is 1. The molecule has 0 aromatic heterocycles. The van der Waals surface area contributed by atoms with E-state index in [0.717, 1.165) is 83.5 Å². The Morgan fingerprint density at radius 3 is 1.57 bits per heavy atom. The Balaban J connectivity index is 1.80. The molecule has 0 bridgehead atoms. The van der Waals surface area contributed by atoms with Gasteiger partial charge in [-0.2, -0.15) is 0 Å². The standard InChI is InChI=1S/C51H88O14/c1-3-5-7-9-11-13-15-17-19-20-21-22-24-26-28-30-32-34-43(53)63-40(37-60-35-33-31-29-27-25-23-18-16-14-12-10-8-6-4-2)38-61-50-49(59)47(57)45(55)42(65-50)39-62-51-48(58)46(56)44(54)41(36-52)64-51/h6,8,11-14,17-19,23,40-42,44-52,54-59H,3-5,7,9-10,15-16,20-22,24-39H2,1-2H3/b8-6-,13-11-,14-12-,19-17-,23-18-. The van der Waals surface area contributed by atoms with E-state index in [0.29, 0.717) is 13.0 Å². The minimum Gasteiger partial charge on any atom is -0.457 e. The van der Waals surface area contributed by atoms with Crippen molar-refractivity contribution in [3.05, 3.63) is 60.8 Å². The van der Waals surface area contributed by atoms with E-state index in [2.05, 4.69) is 74.6 Å². The maximum atomic E-state index is 13.0. The third kappa shape index (κ3) is 26.7. The van der Waals surface area contributed by atoms with Gasteiger partial charge in [0.15, 0.2) is 12.6 Å². The van der Waals surface area contributed by atoms with E-state index in [1.54, 1.807) is 0 Å². The van der Waals surface area contributed by atoms with Gasteiger partial charge in [-0.15, -0.1) is 0 Å². The van der Waals surface area contributed by atoms with Gasteiger partial charge < -0.3 is 64.2 Å². The molecule has 14 nitrogen and oxygen atoms in total. The second-order valence-corrected chi connectivity index (χ2v) is 17.3. The summed E-state index contributed by atoms with van der Waals surface area (Å²) in [6.45, 7) is 3.46. The van der Waals surface area contributed by atoms with Gasteiger partial charge in [-0.1, -0.05) is 132 Å². The predicted molar refractivity (Wildman–Crippen MR) is 252 cm³/mol. The lowest BCUT2D eigenvalue weighted by Crippen LogP contribution is -2.61. The van der Waals surface area contributed by atoms with Gasteiger partial charge in [-0.25, -0.2) is 0 Å². The minimum atomic E-state index is -1.71. The fourth-order valence-corrected chi connectivity index (χ4v) is 7.45. The SMILES string of the molecule is CC/C=C\C/C=C\C/C=C\CCCCCCOCC(COC1OC(COC2OC(CO)C(O)C(O)C2O)C(O)C(O)C1O)OC(=O)CCCCCCCCC/C=C\C/C=C\CCCCC. The first kappa shape index (κ1) is 58.8. The molecule has 0 amide bonds. The van der Waals surface area contributed by atoms with Crippen LogP contribution in [0.1, 0.15) is 155 Å². The lowest BCUT2D eigenvalue weighted by molar-refractivity contribution is -0.332. The lowest BCUT2D eigenvalue weighted by Gasteiger charge is -2.42. The Hall–Kier alpha value is -2.31. The van der Waals surface area contributed by atoms with Gasteiger partial charge in [0.25, 0.3) is 0 Å². The number of rotatable bonds is 38. The monoisotopic (exact) mass is 925 g/mol. The Kier molecular flexibility index (Phi) is 35.0. The van der Waals surface area contributed by atoms with Crippen LogP contribution in [0.25, 0.3) is 0 Å². The molecule has 0 radical (unpaired) electrons. The molecule has 0 saturated carbocycles. The highest BCUT2D eigenvalue weighted by atomic mass is 16.7. The van der Waals surface area contributed by atoms with E-state index in [9.17, 15) is 40.5 Å². The first-order chi connectivity index (χ1) is 31.6. The van der Waals surface area contributed by atoms with Gasteiger partial charge in [0, 0.05) is 13.0 Å². The van der Waals surface area contributed by atoms with E-state index >= 15 is 0 Å². The van der Waals surface area contributed by atoms with Crippen LogP contribution in [-0.4, -0.2) is 142 Å². The summed E-state index contributed by atoms with van der Waals surface area (Å²) in [7, 11) is 0. The molecule has 2 saturated heterocycles. The third-order valence-electron chi connectivity index (χ3n) is 11.5. The van der Waals surface area contributed by atoms with Crippen molar-refractivity contribution in [2.45, 2.75) is 223 Å². The molecule has 2 rings (SSSR count). The van der Waals surface area contributed by atoms with Crippen molar-refractivity contribution in [2.24, 2.45) is 0 Å². The quantitative estimate of drug-likeness (QED) is 0.0190. The molecule has 14 heteroatoms. The van der Waals surface area contributed by atoms with Crippen LogP contribution in [0, 0.1) is 0 Å². The van der Waals surface area contributed by atoms with Crippen LogP contribution in [0.4, 0.5) is 0 Å². The molecule has 11 atom stereocenters. The zero-order chi connectivity index (χ0) is 47.3. The van der Waals surface area contributed by atoms with E-state index in [1.165, 1.54) is 44.9 Å². The topological polar surface area (TPSA) is 214 Å². The van der Waals surface area contributed by atoms with Crippen molar-refractivity contribution < 1.29 is 69.0 Å². The normalized spacial score (nSPS) is 27.0. The minimum absolute atomic E-state index is 0.0405. The van der Waals surface area contributed by atoms with Crippen LogP contribution in [0.5, 0.6) is 0 Å². The average molecular weight is 925 g/mol. The van der Waals surface area contributed by atoms with Gasteiger partial charge in [0.2, 0.25) is 0 Å². The van der Waals surface area contributed by atoms with Crippen molar-refractivity contribution in [3.8, 4) is 0 Å². The molecule has 0 aliphatic carbocycles. The first-order valence-electron chi connectivity index (χ1n) is 24.9. The molecular weight excluding hydrogens is 837 g/mol. The van der Waals surface area contributed by atoms with Crippen molar-refractivity contribution in [2.75, 3.05) is 33.0 Å². The molecule has 11 unspecified atom stereocenters. The molecule has 2 fully saturated rings. The Bertz CT molecular complexity index is 1300. The van der Waals surface area contributed by atoms with E-state index < -0.39 is 86.7 Å². The van der Waals surface area contributed by atoms with Crippen molar-refractivity contribution in [1.82, 2.24) is 0 Å². The van der Waals surface area contributed by atoms with Crippen LogP contribution < -0.4 is 0 Å². The first-order valence-corrected chi connectivity index (χ1v) is 24.9. The van der Waals surface area contributed by atoms with Crippen molar-refractivity contribution in [1.29, 1.82) is 0 Å². The van der Waals surface area contributed by atoms with Crippen LogP contribution >= 0.6 is 0 Å². The number of allylic oxidation sites excluding steroid dienone is 10. The average Bonchev–Trinajstić information content (AvgIpc) is 3.30. The molecule has 0 aromatic carbocycles. The van der Waals surface area contributed by atoms with Gasteiger partial charge >= 0.3 is 5.97 Å².